The maximum atomic E-state index is 8.48. The van der Waals surface area contributed by atoms with Crippen LogP contribution in [-0.4, -0.2) is 12.8 Å². The molecule has 0 aliphatic rings. The van der Waals surface area contributed by atoms with E-state index in [4.69, 9.17) is 5.26 Å². The van der Waals surface area contributed by atoms with Gasteiger partial charge in [0.2, 0.25) is 0 Å². The first-order valence-electron chi connectivity index (χ1n) is 2.89. The van der Waals surface area contributed by atoms with Gasteiger partial charge in [-0.2, -0.15) is 5.26 Å². The largest absolute Gasteiger partial charge is 0.281 e. The summed E-state index contributed by atoms with van der Waals surface area (Å²) in [5, 5.41) is 8.48. The third-order valence-corrected chi connectivity index (χ3v) is 1.04. The molecule has 0 spiro atoms. The van der Waals surface area contributed by atoms with Crippen LogP contribution in [0.25, 0.3) is 0 Å². The number of rotatable bonds is 0. The van der Waals surface area contributed by atoms with Gasteiger partial charge in [-0.05, 0) is 0 Å². The van der Waals surface area contributed by atoms with Gasteiger partial charge in [0.1, 0.15) is 11.8 Å². The second kappa shape index (κ2) is 2.63. The van der Waals surface area contributed by atoms with Gasteiger partial charge >= 0.3 is 0 Å². The molecule has 0 saturated heterocycles. The van der Waals surface area contributed by atoms with Crippen molar-refractivity contribution in [3.8, 4) is 6.07 Å². The summed E-state index contributed by atoms with van der Waals surface area (Å²) in [5.74, 6) is 0. The molecule has 0 saturated carbocycles. The van der Waals surface area contributed by atoms with Gasteiger partial charge in [0.05, 0.1) is 0 Å². The van der Waals surface area contributed by atoms with Gasteiger partial charge in [-0.15, -0.1) is 0 Å². The molecule has 0 aromatic carbocycles. The van der Waals surface area contributed by atoms with Crippen molar-refractivity contribution in [2.45, 2.75) is 20.8 Å². The van der Waals surface area contributed by atoms with Crippen LogP contribution in [0.1, 0.15) is 20.8 Å². The fourth-order valence-electron chi connectivity index (χ4n) is 0.553. The average Bonchev–Trinajstić information content (AvgIpc) is 1.65. The van der Waals surface area contributed by atoms with Crippen molar-refractivity contribution in [2.24, 2.45) is 10.4 Å². The van der Waals surface area contributed by atoms with Gasteiger partial charge in [-0.1, -0.05) is 20.8 Å². The monoisotopic (exact) mass is 124 g/mol. The van der Waals surface area contributed by atoms with E-state index in [2.05, 4.69) is 4.99 Å². The van der Waals surface area contributed by atoms with Crippen LogP contribution < -0.4 is 0 Å². The zero-order chi connectivity index (χ0) is 7.49. The Bertz CT molecular complexity index is 155. The first-order chi connectivity index (χ1) is 4.02. The molecule has 0 rings (SSSR count). The van der Waals surface area contributed by atoms with E-state index in [0.29, 0.717) is 5.71 Å². The molecule has 0 radical (unpaired) electrons. The van der Waals surface area contributed by atoms with Crippen molar-refractivity contribution in [3.05, 3.63) is 0 Å². The minimum absolute atomic E-state index is 0.0938. The molecule has 0 aliphatic carbocycles. The summed E-state index contributed by atoms with van der Waals surface area (Å²) in [6, 6.07) is 2.04. The quantitative estimate of drug-likeness (QED) is 0.452. The van der Waals surface area contributed by atoms with Crippen molar-refractivity contribution in [1.29, 1.82) is 5.26 Å². The highest BCUT2D eigenvalue weighted by Crippen LogP contribution is 2.14. The highest BCUT2D eigenvalue weighted by molar-refractivity contribution is 6.02. The van der Waals surface area contributed by atoms with Crippen molar-refractivity contribution in [1.82, 2.24) is 0 Å². The van der Waals surface area contributed by atoms with Crippen LogP contribution in [0.5, 0.6) is 0 Å². The van der Waals surface area contributed by atoms with Crippen LogP contribution >= 0.6 is 0 Å². The van der Waals surface area contributed by atoms with E-state index in [0.717, 1.165) is 0 Å². The number of hydrogen-bond acceptors (Lipinski definition) is 2. The van der Waals surface area contributed by atoms with Gasteiger partial charge in [-0.25, -0.2) is 0 Å². The number of aliphatic imine (C=N–C) groups is 1. The summed E-state index contributed by atoms with van der Waals surface area (Å²) in [6.07, 6.45) is 0. The zero-order valence-corrected chi connectivity index (χ0v) is 6.39. The van der Waals surface area contributed by atoms with Crippen LogP contribution in [0.4, 0.5) is 0 Å². The Morgan fingerprint density at radius 2 is 1.89 bits per heavy atom. The van der Waals surface area contributed by atoms with E-state index in [-0.39, 0.29) is 5.41 Å². The molecular formula is C7H12N2. The van der Waals surface area contributed by atoms with E-state index in [9.17, 15) is 0 Å². The standard InChI is InChI=1S/C7H12N2/c1-7(2,3)6(5-8)9-4/h1-4H3. The average molecular weight is 124 g/mol. The molecule has 0 bridgehead atoms. The van der Waals surface area contributed by atoms with Gasteiger partial charge in [0, 0.05) is 12.5 Å². The second-order valence-electron chi connectivity index (χ2n) is 2.93. The molecule has 0 heterocycles. The van der Waals surface area contributed by atoms with Gasteiger partial charge in [-0.3, -0.25) is 4.99 Å². The normalized spacial score (nSPS) is 13.0. The molecular weight excluding hydrogens is 112 g/mol. The maximum absolute atomic E-state index is 8.48. The van der Waals surface area contributed by atoms with Crippen molar-refractivity contribution in [2.75, 3.05) is 7.05 Å². The van der Waals surface area contributed by atoms with Crippen LogP contribution in [-0.2, 0) is 0 Å². The van der Waals surface area contributed by atoms with Crippen LogP contribution in [0.3, 0.4) is 0 Å². The lowest BCUT2D eigenvalue weighted by atomic mass is 9.91. The minimum atomic E-state index is -0.0938. The number of nitriles is 1. The van der Waals surface area contributed by atoms with Crippen molar-refractivity contribution >= 4 is 5.71 Å². The fourth-order valence-corrected chi connectivity index (χ4v) is 0.553. The Hall–Kier alpha value is -0.840. The van der Waals surface area contributed by atoms with E-state index in [1.165, 1.54) is 0 Å². The Morgan fingerprint density at radius 3 is 1.89 bits per heavy atom. The predicted octanol–water partition coefficient (Wildman–Crippen LogP) is 1.63. The molecule has 0 amide bonds. The molecule has 2 heteroatoms. The first kappa shape index (κ1) is 8.16. The molecule has 2 nitrogen and oxygen atoms in total. The Labute approximate surface area is 56.2 Å². The summed E-state index contributed by atoms with van der Waals surface area (Å²) >= 11 is 0. The van der Waals surface area contributed by atoms with Crippen LogP contribution in [0.2, 0.25) is 0 Å². The topological polar surface area (TPSA) is 36.1 Å². The minimum Gasteiger partial charge on any atom is -0.281 e. The van der Waals surface area contributed by atoms with Gasteiger partial charge < -0.3 is 0 Å². The van der Waals surface area contributed by atoms with Crippen LogP contribution in [0.15, 0.2) is 4.99 Å². The lowest BCUT2D eigenvalue weighted by Crippen LogP contribution is -2.17. The number of hydrogen-bond donors (Lipinski definition) is 0. The lowest BCUT2D eigenvalue weighted by Gasteiger charge is -2.13. The first-order valence-corrected chi connectivity index (χ1v) is 2.89. The third kappa shape index (κ3) is 2.27. The predicted molar refractivity (Wildman–Crippen MR) is 38.4 cm³/mol. The molecule has 0 aromatic rings. The van der Waals surface area contributed by atoms with Crippen LogP contribution in [0, 0.1) is 16.7 Å². The molecule has 0 aliphatic heterocycles. The number of nitrogens with zero attached hydrogens (tertiary/aromatic N) is 2. The summed E-state index contributed by atoms with van der Waals surface area (Å²) < 4.78 is 0. The van der Waals surface area contributed by atoms with Gasteiger partial charge in [0.15, 0.2) is 0 Å². The molecule has 0 fully saturated rings. The Balaban J connectivity index is 4.39. The zero-order valence-electron chi connectivity index (χ0n) is 6.39. The third-order valence-electron chi connectivity index (χ3n) is 1.04. The molecule has 50 valence electrons. The SMILES string of the molecule is CN=C(C#N)C(C)(C)C. The molecule has 0 N–H and O–H groups in total. The van der Waals surface area contributed by atoms with Crippen molar-refractivity contribution < 1.29 is 0 Å². The molecule has 0 aromatic heterocycles. The highest BCUT2D eigenvalue weighted by atomic mass is 14.7. The second-order valence-corrected chi connectivity index (χ2v) is 2.93. The van der Waals surface area contributed by atoms with Gasteiger partial charge in [0.25, 0.3) is 0 Å². The summed E-state index contributed by atoms with van der Waals surface area (Å²) in [5.41, 5.74) is 0.506. The van der Waals surface area contributed by atoms with E-state index >= 15 is 0 Å². The summed E-state index contributed by atoms with van der Waals surface area (Å²) in [6.45, 7) is 5.91. The fraction of sp³-hybridized carbons (Fsp3) is 0.714. The van der Waals surface area contributed by atoms with E-state index in [1.54, 1.807) is 7.05 Å². The highest BCUT2D eigenvalue weighted by Gasteiger charge is 2.16. The van der Waals surface area contributed by atoms with Crippen molar-refractivity contribution in [3.63, 3.8) is 0 Å². The molecule has 0 unspecified atom stereocenters. The summed E-state index contributed by atoms with van der Waals surface area (Å²) in [4.78, 5) is 3.83. The summed E-state index contributed by atoms with van der Waals surface area (Å²) in [7, 11) is 1.64. The smallest absolute Gasteiger partial charge is 0.117 e. The van der Waals surface area contributed by atoms with E-state index in [1.807, 2.05) is 26.8 Å². The Kier molecular flexibility index (Phi) is 2.39. The maximum Gasteiger partial charge on any atom is 0.117 e. The lowest BCUT2D eigenvalue weighted by molar-refractivity contribution is 0.594. The van der Waals surface area contributed by atoms with E-state index < -0.39 is 0 Å². The Morgan fingerprint density at radius 1 is 1.44 bits per heavy atom. The molecule has 0 atom stereocenters. The molecule has 9 heavy (non-hydrogen) atoms.